The Morgan fingerprint density at radius 3 is 2.31 bits per heavy atom. The van der Waals surface area contributed by atoms with Crippen LogP contribution >= 0.6 is 0 Å². The summed E-state index contributed by atoms with van der Waals surface area (Å²) in [5.41, 5.74) is 6.65. The predicted octanol–water partition coefficient (Wildman–Crippen LogP) is 2.28. The number of benzene rings is 2. The summed E-state index contributed by atoms with van der Waals surface area (Å²) < 4.78 is 1.23. The second-order valence-corrected chi connectivity index (χ2v) is 6.59. The first-order valence-electron chi connectivity index (χ1n) is 9.19. The number of hydrazine groups is 1. The van der Waals surface area contributed by atoms with E-state index in [1.807, 2.05) is 24.3 Å². The number of aryl methyl sites for hydroxylation is 2. The highest BCUT2D eigenvalue weighted by molar-refractivity contribution is 6.10. The summed E-state index contributed by atoms with van der Waals surface area (Å²) in [6.07, 6.45) is 0. The second kappa shape index (κ2) is 7.23. The molecule has 0 radical (unpaired) electrons. The molecule has 0 fully saturated rings. The average Bonchev–Trinajstić information content (AvgIpc) is 3.08. The van der Waals surface area contributed by atoms with Gasteiger partial charge in [-0.05, 0) is 26.0 Å². The van der Waals surface area contributed by atoms with Crippen LogP contribution in [0.3, 0.4) is 0 Å². The number of hydrogen-bond acceptors (Lipinski definition) is 4. The Kier molecular flexibility index (Phi) is 4.59. The number of amides is 2. The Hall–Kier alpha value is -3.94. The topological polar surface area (TPSA) is 109 Å². The summed E-state index contributed by atoms with van der Waals surface area (Å²) in [6, 6.07) is 14.2. The molecular weight excluding hydrogens is 370 g/mol. The van der Waals surface area contributed by atoms with Gasteiger partial charge in [-0.25, -0.2) is 4.68 Å². The highest BCUT2D eigenvalue weighted by Gasteiger charge is 2.19. The maximum absolute atomic E-state index is 12.7. The molecule has 0 saturated carbocycles. The second-order valence-electron chi connectivity index (χ2n) is 6.59. The fourth-order valence-corrected chi connectivity index (χ4v) is 3.42. The van der Waals surface area contributed by atoms with E-state index in [-0.39, 0.29) is 11.3 Å². The lowest BCUT2D eigenvalue weighted by atomic mass is 10.1. The Bertz CT molecular complexity index is 1320. The molecule has 0 aliphatic carbocycles. The number of para-hydroxylation sites is 1. The van der Waals surface area contributed by atoms with Gasteiger partial charge in [-0.3, -0.25) is 25.2 Å². The summed E-state index contributed by atoms with van der Waals surface area (Å²) >= 11 is 0. The van der Waals surface area contributed by atoms with Crippen LogP contribution in [0.1, 0.15) is 33.5 Å². The molecule has 2 aromatic heterocycles. The smallest absolute Gasteiger partial charge is 0.290 e. The highest BCUT2D eigenvalue weighted by Crippen LogP contribution is 2.21. The van der Waals surface area contributed by atoms with Crippen LogP contribution in [0.2, 0.25) is 0 Å². The van der Waals surface area contributed by atoms with Gasteiger partial charge >= 0.3 is 0 Å². The molecule has 0 atom stereocenters. The SMILES string of the molecule is CCn1nc(C(=O)NNC(=O)c2c(C)[nH]c3ccccc23)c2ccccc2c1=O. The number of fused-ring (bicyclic) bond motifs is 2. The van der Waals surface area contributed by atoms with Gasteiger partial charge in [0.15, 0.2) is 5.69 Å². The molecule has 0 saturated heterocycles. The molecule has 2 heterocycles. The Balaban J connectivity index is 1.64. The summed E-state index contributed by atoms with van der Waals surface area (Å²) in [5, 5.41) is 5.75. The minimum atomic E-state index is -0.603. The first-order valence-corrected chi connectivity index (χ1v) is 9.19. The van der Waals surface area contributed by atoms with E-state index in [9.17, 15) is 14.4 Å². The van der Waals surface area contributed by atoms with Gasteiger partial charge < -0.3 is 4.98 Å². The first-order chi connectivity index (χ1) is 14.0. The predicted molar refractivity (Wildman–Crippen MR) is 110 cm³/mol. The highest BCUT2D eigenvalue weighted by atomic mass is 16.2. The van der Waals surface area contributed by atoms with E-state index < -0.39 is 11.8 Å². The summed E-state index contributed by atoms with van der Waals surface area (Å²) in [6.45, 7) is 3.89. The standard InChI is InChI=1S/C21H19N5O3/c1-3-26-21(29)14-9-5-4-8-13(14)18(25-26)20(28)24-23-19(27)17-12(2)22-16-11-7-6-10-15(16)17/h4-11,22H,3H2,1-2H3,(H,23,27)(H,24,28). The van der Waals surface area contributed by atoms with E-state index in [0.717, 1.165) is 10.9 Å². The van der Waals surface area contributed by atoms with Crippen molar-refractivity contribution in [1.29, 1.82) is 0 Å². The molecule has 0 spiro atoms. The maximum Gasteiger partial charge on any atom is 0.290 e. The zero-order valence-corrected chi connectivity index (χ0v) is 15.9. The quantitative estimate of drug-likeness (QED) is 0.467. The average molecular weight is 389 g/mol. The van der Waals surface area contributed by atoms with Crippen LogP contribution in [0, 0.1) is 6.92 Å². The molecule has 8 heteroatoms. The lowest BCUT2D eigenvalue weighted by molar-refractivity contribution is 0.0844. The van der Waals surface area contributed by atoms with Crippen molar-refractivity contribution in [3.05, 3.63) is 75.8 Å². The lowest BCUT2D eigenvalue weighted by Gasteiger charge is -2.11. The molecule has 4 rings (SSSR count). The van der Waals surface area contributed by atoms with E-state index in [0.29, 0.717) is 28.6 Å². The minimum absolute atomic E-state index is 0.0676. The van der Waals surface area contributed by atoms with Gasteiger partial charge in [-0.2, -0.15) is 5.10 Å². The number of hydrogen-bond donors (Lipinski definition) is 3. The zero-order valence-electron chi connectivity index (χ0n) is 15.9. The van der Waals surface area contributed by atoms with Crippen molar-refractivity contribution in [2.75, 3.05) is 0 Å². The molecule has 0 aliphatic heterocycles. The van der Waals surface area contributed by atoms with Gasteiger partial charge in [0.25, 0.3) is 17.4 Å². The fourth-order valence-electron chi connectivity index (χ4n) is 3.42. The third kappa shape index (κ3) is 3.14. The third-order valence-electron chi connectivity index (χ3n) is 4.79. The van der Waals surface area contributed by atoms with Crippen LogP contribution in [-0.4, -0.2) is 26.6 Å². The minimum Gasteiger partial charge on any atom is -0.358 e. The van der Waals surface area contributed by atoms with Crippen molar-refractivity contribution >= 4 is 33.5 Å². The third-order valence-corrected chi connectivity index (χ3v) is 4.79. The van der Waals surface area contributed by atoms with Gasteiger partial charge in [0.2, 0.25) is 0 Å². The summed E-state index contributed by atoms with van der Waals surface area (Å²) in [5.74, 6) is -1.05. The van der Waals surface area contributed by atoms with Crippen molar-refractivity contribution in [2.45, 2.75) is 20.4 Å². The number of nitrogens with one attached hydrogen (secondary N) is 3. The van der Waals surface area contributed by atoms with Gasteiger partial charge in [0.1, 0.15) is 0 Å². The van der Waals surface area contributed by atoms with Crippen LogP contribution in [0.15, 0.2) is 53.3 Å². The van der Waals surface area contributed by atoms with E-state index in [1.165, 1.54) is 4.68 Å². The fraction of sp³-hybridized carbons (Fsp3) is 0.143. The van der Waals surface area contributed by atoms with E-state index >= 15 is 0 Å². The Morgan fingerprint density at radius 2 is 1.59 bits per heavy atom. The van der Waals surface area contributed by atoms with Crippen molar-refractivity contribution in [1.82, 2.24) is 25.6 Å². The van der Waals surface area contributed by atoms with E-state index in [2.05, 4.69) is 20.9 Å². The van der Waals surface area contributed by atoms with Gasteiger partial charge in [0.05, 0.1) is 10.9 Å². The number of nitrogens with zero attached hydrogens (tertiary/aromatic N) is 2. The van der Waals surface area contributed by atoms with Crippen molar-refractivity contribution in [3.8, 4) is 0 Å². The molecule has 0 bridgehead atoms. The molecule has 0 aliphatic rings. The van der Waals surface area contributed by atoms with E-state index in [1.54, 1.807) is 38.1 Å². The molecular formula is C21H19N5O3. The number of H-pyrrole nitrogens is 1. The van der Waals surface area contributed by atoms with Crippen LogP contribution in [0.4, 0.5) is 0 Å². The largest absolute Gasteiger partial charge is 0.358 e. The van der Waals surface area contributed by atoms with E-state index in [4.69, 9.17) is 0 Å². The number of rotatable bonds is 3. The molecule has 8 nitrogen and oxygen atoms in total. The lowest BCUT2D eigenvalue weighted by Crippen LogP contribution is -2.43. The zero-order chi connectivity index (χ0) is 20.5. The molecule has 2 amide bonds. The summed E-state index contributed by atoms with van der Waals surface area (Å²) in [7, 11) is 0. The maximum atomic E-state index is 12.7. The Morgan fingerprint density at radius 1 is 0.966 bits per heavy atom. The summed E-state index contributed by atoms with van der Waals surface area (Å²) in [4.78, 5) is 41.0. The molecule has 4 aromatic rings. The number of aromatic amines is 1. The number of aromatic nitrogens is 3. The molecule has 29 heavy (non-hydrogen) atoms. The first kappa shape index (κ1) is 18.4. The monoisotopic (exact) mass is 389 g/mol. The van der Waals surface area contributed by atoms with Gasteiger partial charge in [-0.1, -0.05) is 36.4 Å². The number of carbonyl (C=O) groups excluding carboxylic acids is 2. The molecule has 3 N–H and O–H groups in total. The molecule has 0 unspecified atom stereocenters. The van der Waals surface area contributed by atoms with Gasteiger partial charge in [0, 0.05) is 28.5 Å². The van der Waals surface area contributed by atoms with Crippen LogP contribution in [0.25, 0.3) is 21.7 Å². The Labute approximate surface area is 165 Å². The van der Waals surface area contributed by atoms with Crippen molar-refractivity contribution in [3.63, 3.8) is 0 Å². The van der Waals surface area contributed by atoms with Crippen LogP contribution in [-0.2, 0) is 6.54 Å². The molecule has 146 valence electrons. The number of carbonyl (C=O) groups is 2. The molecule has 2 aromatic carbocycles. The van der Waals surface area contributed by atoms with Crippen LogP contribution < -0.4 is 16.4 Å². The van der Waals surface area contributed by atoms with Gasteiger partial charge in [-0.15, -0.1) is 0 Å². The van der Waals surface area contributed by atoms with Crippen molar-refractivity contribution < 1.29 is 9.59 Å². The van der Waals surface area contributed by atoms with Crippen LogP contribution in [0.5, 0.6) is 0 Å². The normalized spacial score (nSPS) is 11.0. The van der Waals surface area contributed by atoms with Crippen molar-refractivity contribution in [2.24, 2.45) is 0 Å².